The van der Waals surface area contributed by atoms with E-state index >= 15 is 0 Å². The van der Waals surface area contributed by atoms with Gasteiger partial charge in [-0.15, -0.1) is 24.0 Å². The van der Waals surface area contributed by atoms with Crippen LogP contribution in [-0.4, -0.2) is 68.2 Å². The molecule has 0 bridgehead atoms. The molecular weight excluding hydrogens is 475 g/mol. The molecule has 1 saturated heterocycles. The van der Waals surface area contributed by atoms with Crippen LogP contribution in [0.4, 0.5) is 0 Å². The van der Waals surface area contributed by atoms with Crippen molar-refractivity contribution >= 4 is 29.9 Å². The van der Waals surface area contributed by atoms with Crippen molar-refractivity contribution in [1.29, 1.82) is 0 Å². The van der Waals surface area contributed by atoms with Gasteiger partial charge in [-0.25, -0.2) is 0 Å². The summed E-state index contributed by atoms with van der Waals surface area (Å²) in [7, 11) is 2.17. The van der Waals surface area contributed by atoms with Crippen LogP contribution in [0.1, 0.15) is 44.2 Å². The van der Waals surface area contributed by atoms with E-state index in [4.69, 9.17) is 9.73 Å². The van der Waals surface area contributed by atoms with E-state index in [0.717, 1.165) is 64.2 Å². The van der Waals surface area contributed by atoms with Gasteiger partial charge >= 0.3 is 0 Å². The van der Waals surface area contributed by atoms with Gasteiger partial charge in [-0.2, -0.15) is 0 Å². The Labute approximate surface area is 194 Å². The molecular formula is C23H39IN4O. The van der Waals surface area contributed by atoms with Crippen LogP contribution in [0.5, 0.6) is 0 Å². The first-order valence-electron chi connectivity index (χ1n) is 11.1. The van der Waals surface area contributed by atoms with Crippen molar-refractivity contribution in [2.45, 2.75) is 52.1 Å². The zero-order valence-electron chi connectivity index (χ0n) is 18.4. The molecule has 164 valence electrons. The van der Waals surface area contributed by atoms with E-state index in [1.807, 2.05) is 0 Å². The van der Waals surface area contributed by atoms with Crippen LogP contribution >= 0.6 is 24.0 Å². The Morgan fingerprint density at radius 3 is 2.72 bits per heavy atom. The summed E-state index contributed by atoms with van der Waals surface area (Å²) in [6, 6.07) is 9.30. The minimum absolute atomic E-state index is 0. The third-order valence-corrected chi connectivity index (χ3v) is 6.20. The van der Waals surface area contributed by atoms with Crippen molar-refractivity contribution in [3.05, 3.63) is 35.4 Å². The summed E-state index contributed by atoms with van der Waals surface area (Å²) in [6.45, 7) is 11.3. The third kappa shape index (κ3) is 7.40. The second-order valence-electron chi connectivity index (χ2n) is 8.30. The number of halogens is 1. The molecule has 2 aliphatic heterocycles. The first kappa shape index (κ1) is 24.4. The van der Waals surface area contributed by atoms with E-state index in [0.29, 0.717) is 6.04 Å². The van der Waals surface area contributed by atoms with Gasteiger partial charge in [0, 0.05) is 52.5 Å². The summed E-state index contributed by atoms with van der Waals surface area (Å²) in [5.41, 5.74) is 2.99. The maximum absolute atomic E-state index is 5.48. The second-order valence-corrected chi connectivity index (χ2v) is 8.30. The van der Waals surface area contributed by atoms with E-state index in [2.05, 4.69) is 60.3 Å². The normalized spacial score (nSPS) is 19.2. The highest BCUT2D eigenvalue weighted by Gasteiger charge is 2.21. The van der Waals surface area contributed by atoms with Crippen LogP contribution in [0.3, 0.4) is 0 Å². The number of fused-ring (bicyclic) bond motifs is 1. The van der Waals surface area contributed by atoms with Gasteiger partial charge in [0.15, 0.2) is 5.96 Å². The highest BCUT2D eigenvalue weighted by molar-refractivity contribution is 14.0. The molecule has 0 amide bonds. The number of guanidine groups is 1. The highest BCUT2D eigenvalue weighted by atomic mass is 127. The molecule has 3 rings (SSSR count). The van der Waals surface area contributed by atoms with E-state index in [1.165, 1.54) is 30.4 Å². The largest absolute Gasteiger partial charge is 0.381 e. The van der Waals surface area contributed by atoms with Crippen molar-refractivity contribution in [2.75, 3.05) is 46.4 Å². The smallest absolute Gasteiger partial charge is 0.193 e. The SMILES string of the molecule is CCNC(=NCC(C)N1CCc2ccccc2C1)N(C)CCC1CCOCC1.I. The van der Waals surface area contributed by atoms with Crippen molar-refractivity contribution in [3.63, 3.8) is 0 Å². The van der Waals surface area contributed by atoms with Crippen LogP contribution in [0.15, 0.2) is 29.3 Å². The van der Waals surface area contributed by atoms with Crippen LogP contribution < -0.4 is 5.32 Å². The molecule has 29 heavy (non-hydrogen) atoms. The summed E-state index contributed by atoms with van der Waals surface area (Å²) in [5, 5.41) is 3.48. The van der Waals surface area contributed by atoms with Crippen molar-refractivity contribution in [3.8, 4) is 0 Å². The summed E-state index contributed by atoms with van der Waals surface area (Å²) >= 11 is 0. The maximum Gasteiger partial charge on any atom is 0.193 e. The van der Waals surface area contributed by atoms with E-state index in [1.54, 1.807) is 0 Å². The second kappa shape index (κ2) is 12.7. The van der Waals surface area contributed by atoms with Gasteiger partial charge in [-0.3, -0.25) is 9.89 Å². The fourth-order valence-electron chi connectivity index (χ4n) is 4.21. The molecule has 1 atom stereocenters. The van der Waals surface area contributed by atoms with Gasteiger partial charge in [-0.05, 0) is 56.6 Å². The number of aliphatic imine (C=N–C) groups is 1. The number of rotatable bonds is 7. The molecule has 2 heterocycles. The number of nitrogens with one attached hydrogen (secondary N) is 1. The molecule has 1 N–H and O–H groups in total. The molecule has 6 heteroatoms. The molecule has 0 radical (unpaired) electrons. The lowest BCUT2D eigenvalue weighted by Crippen LogP contribution is -2.42. The fraction of sp³-hybridized carbons (Fsp3) is 0.696. The molecule has 0 aromatic heterocycles. The zero-order valence-corrected chi connectivity index (χ0v) is 20.7. The average Bonchev–Trinajstić information content (AvgIpc) is 2.75. The Bertz CT molecular complexity index is 633. The molecule has 1 aromatic rings. The third-order valence-electron chi connectivity index (χ3n) is 6.20. The van der Waals surface area contributed by atoms with E-state index in [9.17, 15) is 0 Å². The molecule has 5 nitrogen and oxygen atoms in total. The van der Waals surface area contributed by atoms with Crippen LogP contribution in [0.25, 0.3) is 0 Å². The average molecular weight is 514 g/mol. The molecule has 2 aliphatic rings. The predicted molar refractivity (Wildman–Crippen MR) is 132 cm³/mol. The topological polar surface area (TPSA) is 40.1 Å². The van der Waals surface area contributed by atoms with Crippen LogP contribution in [-0.2, 0) is 17.7 Å². The molecule has 0 spiro atoms. The first-order chi connectivity index (χ1) is 13.7. The molecule has 1 fully saturated rings. The Morgan fingerprint density at radius 2 is 2.00 bits per heavy atom. The van der Waals surface area contributed by atoms with Gasteiger partial charge in [0.2, 0.25) is 0 Å². The lowest BCUT2D eigenvalue weighted by Gasteiger charge is -2.33. The minimum Gasteiger partial charge on any atom is -0.381 e. The fourth-order valence-corrected chi connectivity index (χ4v) is 4.21. The maximum atomic E-state index is 5.48. The molecule has 1 aromatic carbocycles. The number of benzene rings is 1. The van der Waals surface area contributed by atoms with Crippen molar-refractivity contribution < 1.29 is 4.74 Å². The summed E-state index contributed by atoms with van der Waals surface area (Å²) in [6.07, 6.45) is 4.78. The standard InChI is InChI=1S/C23H38N4O.HI/c1-4-24-23(26(3)13-9-20-11-15-28-16-12-20)25-17-19(2)27-14-10-21-7-5-6-8-22(21)18-27;/h5-8,19-20H,4,9-18H2,1-3H3,(H,24,25);1H. The molecule has 0 aliphatic carbocycles. The Balaban J connectivity index is 0.00000300. The number of nitrogens with zero attached hydrogens (tertiary/aromatic N) is 3. The van der Waals surface area contributed by atoms with Gasteiger partial charge in [0.25, 0.3) is 0 Å². The predicted octanol–water partition coefficient (Wildman–Crippen LogP) is 3.77. The number of hydrogen-bond acceptors (Lipinski definition) is 3. The number of ether oxygens (including phenoxy) is 1. The first-order valence-corrected chi connectivity index (χ1v) is 11.1. The van der Waals surface area contributed by atoms with E-state index < -0.39 is 0 Å². The Morgan fingerprint density at radius 1 is 1.28 bits per heavy atom. The quantitative estimate of drug-likeness (QED) is 0.342. The van der Waals surface area contributed by atoms with Crippen LogP contribution in [0, 0.1) is 5.92 Å². The van der Waals surface area contributed by atoms with E-state index in [-0.39, 0.29) is 24.0 Å². The Hall–Kier alpha value is -0.860. The Kier molecular flexibility index (Phi) is 10.7. The molecule has 0 saturated carbocycles. The zero-order chi connectivity index (χ0) is 19.8. The van der Waals surface area contributed by atoms with Gasteiger partial charge < -0.3 is 15.0 Å². The van der Waals surface area contributed by atoms with Gasteiger partial charge in [-0.1, -0.05) is 24.3 Å². The lowest BCUT2D eigenvalue weighted by molar-refractivity contribution is 0.0625. The monoisotopic (exact) mass is 514 g/mol. The summed E-state index contributed by atoms with van der Waals surface area (Å²) < 4.78 is 5.48. The van der Waals surface area contributed by atoms with Gasteiger partial charge in [0.1, 0.15) is 0 Å². The number of hydrogen-bond donors (Lipinski definition) is 1. The van der Waals surface area contributed by atoms with Gasteiger partial charge in [0.05, 0.1) is 6.54 Å². The van der Waals surface area contributed by atoms with Crippen molar-refractivity contribution in [2.24, 2.45) is 10.9 Å². The van der Waals surface area contributed by atoms with Crippen molar-refractivity contribution in [1.82, 2.24) is 15.1 Å². The molecule has 1 unspecified atom stereocenters. The van der Waals surface area contributed by atoms with Crippen LogP contribution in [0.2, 0.25) is 0 Å². The summed E-state index contributed by atoms with van der Waals surface area (Å²) in [5.74, 6) is 1.84. The highest BCUT2D eigenvalue weighted by Crippen LogP contribution is 2.21. The summed E-state index contributed by atoms with van der Waals surface area (Å²) in [4.78, 5) is 9.84. The lowest BCUT2D eigenvalue weighted by atomic mass is 9.96. The minimum atomic E-state index is 0.